The average Bonchev–Trinajstić information content (AvgIpc) is 2.84. The largest absolute Gasteiger partial charge is 0.468 e. The van der Waals surface area contributed by atoms with Gasteiger partial charge in [-0.25, -0.2) is 0 Å². The van der Waals surface area contributed by atoms with Crippen molar-refractivity contribution >= 4 is 37.6 Å². The summed E-state index contributed by atoms with van der Waals surface area (Å²) in [5.74, 6) is -0.155. The zero-order valence-corrected chi connectivity index (χ0v) is 10.7. The second-order valence-electron chi connectivity index (χ2n) is 3.38. The fourth-order valence-corrected chi connectivity index (χ4v) is 3.27. The Labute approximate surface area is 101 Å². The van der Waals surface area contributed by atoms with Crippen LogP contribution in [-0.4, -0.2) is 40.0 Å². The third kappa shape index (κ3) is 2.29. The van der Waals surface area contributed by atoms with Gasteiger partial charge < -0.3 is 4.74 Å². The van der Waals surface area contributed by atoms with Crippen molar-refractivity contribution in [2.75, 3.05) is 13.7 Å². The number of thioether (sulfide) groups is 1. The number of methoxy groups -OCH3 is 1. The van der Waals surface area contributed by atoms with Gasteiger partial charge >= 0.3 is 5.97 Å². The van der Waals surface area contributed by atoms with E-state index < -0.39 is 0 Å². The maximum Gasteiger partial charge on any atom is 0.323 e. The summed E-state index contributed by atoms with van der Waals surface area (Å²) in [6.45, 7) is 0.903. The van der Waals surface area contributed by atoms with Gasteiger partial charge in [0.1, 0.15) is 6.04 Å². The van der Waals surface area contributed by atoms with E-state index in [-0.39, 0.29) is 17.5 Å². The molecule has 1 saturated heterocycles. The van der Waals surface area contributed by atoms with Crippen molar-refractivity contribution in [3.05, 3.63) is 0 Å². The van der Waals surface area contributed by atoms with Gasteiger partial charge in [0.25, 0.3) is 0 Å². The fraction of sp³-hybridized carbons (Fsp3) is 0.750. The summed E-state index contributed by atoms with van der Waals surface area (Å²) in [5.41, 5.74) is 3.03. The number of nitrogens with one attached hydrogen (secondary N) is 1. The Morgan fingerprint density at radius 2 is 2.60 bits per heavy atom. The quantitative estimate of drug-likeness (QED) is 0.767. The van der Waals surface area contributed by atoms with E-state index in [1.165, 1.54) is 7.11 Å². The van der Waals surface area contributed by atoms with Gasteiger partial charge in [-0.2, -0.15) is 5.10 Å². The van der Waals surface area contributed by atoms with Gasteiger partial charge in [0.15, 0.2) is 9.45 Å². The standard InChI is InChI=1S/C8H12BrN3O2S/c1-14-6(13)5-3-2-4-12(5)8-11-10-7(9)15-8/h5,8,11H,2-4H2,1H3/t5-,8?/m0/s1. The first kappa shape index (κ1) is 11.2. The summed E-state index contributed by atoms with van der Waals surface area (Å²) >= 11 is 4.88. The number of rotatable bonds is 2. The molecule has 2 atom stereocenters. The van der Waals surface area contributed by atoms with Crippen LogP contribution in [0.4, 0.5) is 0 Å². The van der Waals surface area contributed by atoms with Gasteiger partial charge in [-0.15, -0.1) is 0 Å². The number of ether oxygens (including phenoxy) is 1. The molecule has 5 nitrogen and oxygen atoms in total. The van der Waals surface area contributed by atoms with Crippen LogP contribution in [-0.2, 0) is 9.53 Å². The number of hydrogen-bond donors (Lipinski definition) is 1. The van der Waals surface area contributed by atoms with Gasteiger partial charge in [-0.3, -0.25) is 15.1 Å². The van der Waals surface area contributed by atoms with E-state index in [4.69, 9.17) is 4.74 Å². The Hall–Kier alpha value is -0.270. The van der Waals surface area contributed by atoms with E-state index in [1.807, 2.05) is 0 Å². The Morgan fingerprint density at radius 3 is 3.20 bits per heavy atom. The molecule has 2 heterocycles. The molecule has 0 radical (unpaired) electrons. The first-order valence-corrected chi connectivity index (χ1v) is 6.38. The third-order valence-electron chi connectivity index (χ3n) is 2.54. The van der Waals surface area contributed by atoms with Crippen LogP contribution < -0.4 is 5.43 Å². The number of nitrogens with zero attached hydrogens (tertiary/aromatic N) is 2. The summed E-state index contributed by atoms with van der Waals surface area (Å²) < 4.78 is 5.61. The van der Waals surface area contributed by atoms with Crippen molar-refractivity contribution < 1.29 is 9.53 Å². The molecule has 0 aliphatic carbocycles. The zero-order chi connectivity index (χ0) is 10.8. The average molecular weight is 294 g/mol. The van der Waals surface area contributed by atoms with Crippen LogP contribution >= 0.6 is 27.7 Å². The number of hydrazone groups is 1. The van der Waals surface area contributed by atoms with Gasteiger partial charge in [-0.05, 0) is 28.8 Å². The summed E-state index contributed by atoms with van der Waals surface area (Å²) in [5, 5.41) is 4.03. The highest BCUT2D eigenvalue weighted by Crippen LogP contribution is 2.30. The van der Waals surface area contributed by atoms with Crippen LogP contribution in [0.1, 0.15) is 12.8 Å². The van der Waals surface area contributed by atoms with E-state index in [0.717, 1.165) is 23.3 Å². The molecule has 1 fully saturated rings. The molecule has 2 aliphatic heterocycles. The molecular formula is C8H12BrN3O2S. The second-order valence-corrected chi connectivity index (χ2v) is 5.73. The number of carbonyl (C=O) groups excluding carboxylic acids is 1. The van der Waals surface area contributed by atoms with Crippen LogP contribution in [0.5, 0.6) is 0 Å². The van der Waals surface area contributed by atoms with E-state index in [1.54, 1.807) is 11.8 Å². The summed E-state index contributed by atoms with van der Waals surface area (Å²) in [7, 11) is 1.43. The normalized spacial score (nSPS) is 31.2. The van der Waals surface area contributed by atoms with Crippen molar-refractivity contribution in [2.45, 2.75) is 24.4 Å². The predicted molar refractivity (Wildman–Crippen MR) is 62.6 cm³/mol. The highest BCUT2D eigenvalue weighted by atomic mass is 79.9. The fourth-order valence-electron chi connectivity index (χ4n) is 1.85. The SMILES string of the molecule is COC(=O)[C@@H]1CCCN1C1NN=C(Br)S1. The minimum absolute atomic E-state index is 0.0472. The Morgan fingerprint density at radius 1 is 1.80 bits per heavy atom. The van der Waals surface area contributed by atoms with Gasteiger partial charge in [0.05, 0.1) is 7.11 Å². The lowest BCUT2D eigenvalue weighted by Gasteiger charge is -2.27. The van der Waals surface area contributed by atoms with Crippen molar-refractivity contribution in [3.8, 4) is 0 Å². The number of hydrogen-bond acceptors (Lipinski definition) is 6. The first-order valence-electron chi connectivity index (χ1n) is 4.71. The molecule has 0 aromatic heterocycles. The minimum atomic E-state index is -0.155. The molecule has 1 unspecified atom stereocenters. The van der Waals surface area contributed by atoms with Gasteiger partial charge in [-0.1, -0.05) is 11.8 Å². The number of likely N-dealkylation sites (tertiary alicyclic amines) is 1. The summed E-state index contributed by atoms with van der Waals surface area (Å²) in [6.07, 6.45) is 1.89. The van der Waals surface area contributed by atoms with Crippen molar-refractivity contribution in [2.24, 2.45) is 5.10 Å². The molecule has 0 amide bonds. The Kier molecular flexibility index (Phi) is 3.53. The zero-order valence-electron chi connectivity index (χ0n) is 8.27. The van der Waals surface area contributed by atoms with Crippen molar-refractivity contribution in [1.29, 1.82) is 0 Å². The highest BCUT2D eigenvalue weighted by Gasteiger charge is 2.38. The molecule has 84 valence electrons. The minimum Gasteiger partial charge on any atom is -0.468 e. The van der Waals surface area contributed by atoms with Crippen LogP contribution in [0.3, 0.4) is 0 Å². The molecule has 0 aromatic rings. The van der Waals surface area contributed by atoms with Crippen molar-refractivity contribution in [3.63, 3.8) is 0 Å². The van der Waals surface area contributed by atoms with Crippen LogP contribution in [0.2, 0.25) is 0 Å². The van der Waals surface area contributed by atoms with Gasteiger partial charge in [0, 0.05) is 6.54 Å². The number of carbonyl (C=O) groups is 1. The first-order chi connectivity index (χ1) is 7.22. The second kappa shape index (κ2) is 4.71. The molecule has 2 rings (SSSR count). The molecule has 0 bridgehead atoms. The van der Waals surface area contributed by atoms with Crippen LogP contribution in [0.15, 0.2) is 5.10 Å². The lowest BCUT2D eigenvalue weighted by Crippen LogP contribution is -2.46. The topological polar surface area (TPSA) is 53.9 Å². The Bertz CT molecular complexity index is 300. The predicted octanol–water partition coefficient (Wildman–Crippen LogP) is 0.910. The summed E-state index contributed by atoms with van der Waals surface area (Å²) in [4.78, 5) is 13.6. The molecule has 2 aliphatic rings. The lowest BCUT2D eigenvalue weighted by atomic mass is 10.2. The van der Waals surface area contributed by atoms with E-state index in [0.29, 0.717) is 0 Å². The maximum atomic E-state index is 11.5. The third-order valence-corrected chi connectivity index (χ3v) is 4.16. The van der Waals surface area contributed by atoms with Gasteiger partial charge in [0.2, 0.25) is 0 Å². The monoisotopic (exact) mass is 293 g/mol. The van der Waals surface area contributed by atoms with E-state index in [9.17, 15) is 4.79 Å². The maximum absolute atomic E-state index is 11.5. The number of halogens is 1. The van der Waals surface area contributed by atoms with Crippen molar-refractivity contribution in [1.82, 2.24) is 10.3 Å². The molecule has 15 heavy (non-hydrogen) atoms. The molecule has 1 N–H and O–H groups in total. The van der Waals surface area contributed by atoms with E-state index >= 15 is 0 Å². The molecule has 0 saturated carbocycles. The van der Waals surface area contributed by atoms with Crippen LogP contribution in [0, 0.1) is 0 Å². The molecule has 0 spiro atoms. The smallest absolute Gasteiger partial charge is 0.323 e. The van der Waals surface area contributed by atoms with Crippen LogP contribution in [0.25, 0.3) is 0 Å². The highest BCUT2D eigenvalue weighted by molar-refractivity contribution is 9.22. The summed E-state index contributed by atoms with van der Waals surface area (Å²) in [6, 6.07) is -0.131. The Balaban J connectivity index is 1.99. The number of esters is 1. The lowest BCUT2D eigenvalue weighted by molar-refractivity contribution is -0.146. The molecule has 7 heteroatoms. The van der Waals surface area contributed by atoms with E-state index in [2.05, 4.69) is 31.4 Å². The molecule has 0 aromatic carbocycles. The molecular weight excluding hydrogens is 282 g/mol.